The quantitative estimate of drug-likeness (QED) is 0.636. The van der Waals surface area contributed by atoms with Crippen molar-refractivity contribution in [2.75, 3.05) is 6.61 Å². The number of fused-ring (bicyclic) bond motifs is 1. The number of aliphatic carboxylic acids is 1. The van der Waals surface area contributed by atoms with Crippen LogP contribution in [0.25, 0.3) is 0 Å². The van der Waals surface area contributed by atoms with Gasteiger partial charge in [-0.2, -0.15) is 0 Å². The minimum atomic E-state index is -0.935. The average molecular weight is 368 g/mol. The van der Waals surface area contributed by atoms with E-state index in [2.05, 4.69) is 5.32 Å². The summed E-state index contributed by atoms with van der Waals surface area (Å²) in [5.74, 6) is -1.24. The van der Waals surface area contributed by atoms with Crippen molar-refractivity contribution in [3.63, 3.8) is 0 Å². The van der Waals surface area contributed by atoms with Gasteiger partial charge in [-0.05, 0) is 45.4 Å². The van der Waals surface area contributed by atoms with Crippen LogP contribution in [0.3, 0.4) is 0 Å². The third kappa shape index (κ3) is 4.55. The van der Waals surface area contributed by atoms with Gasteiger partial charge in [0.2, 0.25) is 5.91 Å². The first-order valence-corrected chi connectivity index (χ1v) is 9.88. The third-order valence-electron chi connectivity index (χ3n) is 5.60. The fourth-order valence-electron chi connectivity index (χ4n) is 4.39. The molecule has 1 heterocycles. The van der Waals surface area contributed by atoms with Crippen molar-refractivity contribution in [3.05, 3.63) is 0 Å². The molecule has 7 nitrogen and oxygen atoms in total. The summed E-state index contributed by atoms with van der Waals surface area (Å²) in [6, 6.07) is -1.92. The molecule has 0 aromatic heterocycles. The first-order valence-electron chi connectivity index (χ1n) is 9.88. The Morgan fingerprint density at radius 3 is 2.54 bits per heavy atom. The van der Waals surface area contributed by atoms with Crippen LogP contribution in [-0.4, -0.2) is 58.6 Å². The van der Waals surface area contributed by atoms with E-state index >= 15 is 0 Å². The molecule has 0 aromatic carbocycles. The van der Waals surface area contributed by atoms with Crippen LogP contribution in [0.5, 0.6) is 0 Å². The summed E-state index contributed by atoms with van der Waals surface area (Å²) in [4.78, 5) is 38.5. The van der Waals surface area contributed by atoms with Gasteiger partial charge in [-0.15, -0.1) is 0 Å². The predicted molar refractivity (Wildman–Crippen MR) is 96.6 cm³/mol. The SMILES string of the molecule is CCC[C@H](N[C@H](C)C(=O)N1[C@@H](C(=O)O)C[C@@H]2CCCC[C@@H]21)C(=O)OCC. The monoisotopic (exact) mass is 368 g/mol. The van der Waals surface area contributed by atoms with Crippen LogP contribution in [0.2, 0.25) is 0 Å². The molecule has 0 unspecified atom stereocenters. The highest BCUT2D eigenvalue weighted by Gasteiger charge is 2.48. The van der Waals surface area contributed by atoms with E-state index in [9.17, 15) is 19.5 Å². The van der Waals surface area contributed by atoms with Crippen molar-refractivity contribution in [3.8, 4) is 0 Å². The molecule has 26 heavy (non-hydrogen) atoms. The summed E-state index contributed by atoms with van der Waals surface area (Å²) in [6.07, 6.45) is 5.87. The topological polar surface area (TPSA) is 95.9 Å². The highest BCUT2D eigenvalue weighted by molar-refractivity contribution is 5.88. The summed E-state index contributed by atoms with van der Waals surface area (Å²) >= 11 is 0. The minimum Gasteiger partial charge on any atom is -0.480 e. The second kappa shape index (κ2) is 9.35. The number of hydrogen-bond acceptors (Lipinski definition) is 5. The fourth-order valence-corrected chi connectivity index (χ4v) is 4.39. The molecule has 0 radical (unpaired) electrons. The van der Waals surface area contributed by atoms with Gasteiger partial charge in [-0.3, -0.25) is 14.9 Å². The summed E-state index contributed by atoms with van der Waals surface area (Å²) < 4.78 is 5.09. The second-order valence-electron chi connectivity index (χ2n) is 7.43. The smallest absolute Gasteiger partial charge is 0.326 e. The fraction of sp³-hybridized carbons (Fsp3) is 0.842. The molecule has 1 aliphatic carbocycles. The third-order valence-corrected chi connectivity index (χ3v) is 5.60. The molecule has 2 fully saturated rings. The Labute approximate surface area is 155 Å². The Hall–Kier alpha value is -1.63. The number of hydrogen-bond donors (Lipinski definition) is 2. The number of nitrogens with one attached hydrogen (secondary N) is 1. The molecule has 2 aliphatic rings. The maximum atomic E-state index is 13.1. The standard InChI is InChI=1S/C19H32N2O5/c1-4-8-14(19(25)26-5-2)20-12(3)17(22)21-15-10-7-6-9-13(15)11-16(21)18(23)24/h12-16,20H,4-11H2,1-3H3,(H,23,24)/t12-,13+,14+,15+,16-/m1/s1. The molecule has 1 amide bonds. The highest BCUT2D eigenvalue weighted by atomic mass is 16.5. The normalized spacial score (nSPS) is 27.5. The van der Waals surface area contributed by atoms with Crippen LogP contribution in [-0.2, 0) is 19.1 Å². The zero-order valence-corrected chi connectivity index (χ0v) is 16.1. The Morgan fingerprint density at radius 1 is 1.23 bits per heavy atom. The van der Waals surface area contributed by atoms with Gasteiger partial charge in [0, 0.05) is 6.04 Å². The lowest BCUT2D eigenvalue weighted by Crippen LogP contribution is -2.55. The Morgan fingerprint density at radius 2 is 1.92 bits per heavy atom. The largest absolute Gasteiger partial charge is 0.480 e. The number of carboxylic acids is 1. The van der Waals surface area contributed by atoms with Gasteiger partial charge in [0.25, 0.3) is 0 Å². The van der Waals surface area contributed by atoms with Gasteiger partial charge in [-0.1, -0.05) is 26.2 Å². The maximum Gasteiger partial charge on any atom is 0.326 e. The Kier molecular flexibility index (Phi) is 7.43. The molecule has 2 rings (SSSR count). The van der Waals surface area contributed by atoms with Crippen molar-refractivity contribution in [1.29, 1.82) is 0 Å². The van der Waals surface area contributed by atoms with Crippen LogP contribution in [0.1, 0.15) is 65.7 Å². The van der Waals surface area contributed by atoms with Gasteiger partial charge < -0.3 is 14.7 Å². The van der Waals surface area contributed by atoms with Crippen molar-refractivity contribution >= 4 is 17.8 Å². The van der Waals surface area contributed by atoms with Gasteiger partial charge in [0.1, 0.15) is 12.1 Å². The van der Waals surface area contributed by atoms with E-state index in [0.717, 1.165) is 32.1 Å². The molecular weight excluding hydrogens is 336 g/mol. The van der Waals surface area contributed by atoms with E-state index in [-0.39, 0.29) is 23.8 Å². The lowest BCUT2D eigenvalue weighted by atomic mass is 9.84. The maximum absolute atomic E-state index is 13.1. The summed E-state index contributed by atoms with van der Waals surface area (Å²) in [7, 11) is 0. The molecule has 0 spiro atoms. The molecule has 148 valence electrons. The van der Waals surface area contributed by atoms with Gasteiger partial charge in [-0.25, -0.2) is 4.79 Å². The molecule has 7 heteroatoms. The van der Waals surface area contributed by atoms with Crippen molar-refractivity contribution in [1.82, 2.24) is 10.2 Å². The molecular formula is C19H32N2O5. The van der Waals surface area contributed by atoms with Crippen LogP contribution >= 0.6 is 0 Å². The summed E-state index contributed by atoms with van der Waals surface area (Å²) in [5, 5.41) is 12.7. The number of ether oxygens (including phenoxy) is 1. The van der Waals surface area contributed by atoms with Gasteiger partial charge >= 0.3 is 11.9 Å². The number of esters is 1. The molecule has 1 aliphatic heterocycles. The van der Waals surface area contributed by atoms with E-state index in [1.165, 1.54) is 0 Å². The number of nitrogens with zero attached hydrogens (tertiary/aromatic N) is 1. The molecule has 1 saturated heterocycles. The number of likely N-dealkylation sites (tertiary alicyclic amines) is 1. The van der Waals surface area contributed by atoms with Crippen LogP contribution in [0.4, 0.5) is 0 Å². The van der Waals surface area contributed by atoms with Crippen LogP contribution < -0.4 is 5.32 Å². The van der Waals surface area contributed by atoms with E-state index in [1.807, 2.05) is 6.92 Å². The lowest BCUT2D eigenvalue weighted by Gasteiger charge is -2.35. The summed E-state index contributed by atoms with van der Waals surface area (Å²) in [5.41, 5.74) is 0. The highest BCUT2D eigenvalue weighted by Crippen LogP contribution is 2.40. The van der Waals surface area contributed by atoms with E-state index in [1.54, 1.807) is 18.7 Å². The van der Waals surface area contributed by atoms with Crippen molar-refractivity contribution in [2.24, 2.45) is 5.92 Å². The number of rotatable bonds is 8. The van der Waals surface area contributed by atoms with E-state index in [4.69, 9.17) is 4.74 Å². The van der Waals surface area contributed by atoms with Crippen LogP contribution in [0.15, 0.2) is 0 Å². The summed E-state index contributed by atoms with van der Waals surface area (Å²) in [6.45, 7) is 5.72. The molecule has 0 aromatic rings. The second-order valence-corrected chi connectivity index (χ2v) is 7.43. The number of amides is 1. The van der Waals surface area contributed by atoms with Crippen LogP contribution in [0, 0.1) is 5.92 Å². The van der Waals surface area contributed by atoms with Gasteiger partial charge in [0.05, 0.1) is 12.6 Å². The zero-order chi connectivity index (χ0) is 19.3. The first-order chi connectivity index (χ1) is 12.4. The number of carbonyl (C=O) groups is 3. The molecule has 1 saturated carbocycles. The molecule has 0 bridgehead atoms. The molecule has 2 N–H and O–H groups in total. The van der Waals surface area contributed by atoms with Crippen molar-refractivity contribution < 1.29 is 24.2 Å². The van der Waals surface area contributed by atoms with Crippen molar-refractivity contribution in [2.45, 2.75) is 89.9 Å². The predicted octanol–water partition coefficient (Wildman–Crippen LogP) is 1.94. The Bertz CT molecular complexity index is 524. The molecule has 5 atom stereocenters. The lowest BCUT2D eigenvalue weighted by molar-refractivity contribution is -0.152. The first kappa shape index (κ1) is 20.7. The van der Waals surface area contributed by atoms with E-state index in [0.29, 0.717) is 19.4 Å². The number of carbonyl (C=O) groups excluding carboxylic acids is 2. The minimum absolute atomic E-state index is 0.00817. The zero-order valence-electron chi connectivity index (χ0n) is 16.1. The van der Waals surface area contributed by atoms with Gasteiger partial charge in [0.15, 0.2) is 0 Å². The van der Waals surface area contributed by atoms with E-state index < -0.39 is 24.1 Å². The Balaban J connectivity index is 2.10. The average Bonchev–Trinajstić information content (AvgIpc) is 3.00. The number of carboxylic acid groups (broad SMARTS) is 1.